The number of hydrogen-bond acceptors (Lipinski definition) is 10. The summed E-state index contributed by atoms with van der Waals surface area (Å²) in [6.07, 6.45) is 6.64. The van der Waals surface area contributed by atoms with Gasteiger partial charge in [-0.1, -0.05) is 70.4 Å². The summed E-state index contributed by atoms with van der Waals surface area (Å²) in [5, 5.41) is 79.8. The zero-order valence-electron chi connectivity index (χ0n) is 35.0. The van der Waals surface area contributed by atoms with E-state index in [-0.39, 0.29) is 67.9 Å². The molecular formula is C48H67NO9. The Labute approximate surface area is 344 Å². The van der Waals surface area contributed by atoms with Gasteiger partial charge in [-0.3, -0.25) is 0 Å². The van der Waals surface area contributed by atoms with Crippen molar-refractivity contribution in [3.63, 3.8) is 0 Å². The minimum absolute atomic E-state index is 0.0695. The van der Waals surface area contributed by atoms with E-state index in [2.05, 4.69) is 37.9 Å². The van der Waals surface area contributed by atoms with Gasteiger partial charge in [0.25, 0.3) is 0 Å². The van der Waals surface area contributed by atoms with Crippen LogP contribution in [-0.2, 0) is 27.4 Å². The molecule has 10 heteroatoms. The number of aldehydes is 1. The van der Waals surface area contributed by atoms with E-state index in [1.165, 1.54) is 0 Å². The van der Waals surface area contributed by atoms with Crippen LogP contribution >= 0.6 is 0 Å². The summed E-state index contributed by atoms with van der Waals surface area (Å²) in [5.74, 6) is 3.59. The van der Waals surface area contributed by atoms with Crippen molar-refractivity contribution in [3.05, 3.63) is 46.5 Å². The highest BCUT2D eigenvalue weighted by molar-refractivity contribution is 5.86. The summed E-state index contributed by atoms with van der Waals surface area (Å²) in [4.78, 5) is 27.5. The van der Waals surface area contributed by atoms with Crippen molar-refractivity contribution in [2.75, 3.05) is 7.05 Å². The number of unbranched alkanes of at least 4 members (excludes halogenated alkanes) is 2. The van der Waals surface area contributed by atoms with Crippen LogP contribution in [0.25, 0.3) is 0 Å². The van der Waals surface area contributed by atoms with Crippen LogP contribution in [-0.4, -0.2) is 91.1 Å². The standard InChI is InChI=1S/C48H67NO9/c1-5-6-7-12-30-23-45(27-51)39-17-19-44-18-9-8-11-29-13-10-14-31(26-50)33(29)21-37(49-4)34-20-32(41(44)35-22-40(53)58-42(34)35)24-47(44,56)48(39,57)43(54)36(16-15-28(2)3)46(45,55)25-38(30)52/h10,13-14,22,27-28,30,32,34,36-39,41-43,49-50,52,54-57H,5-7,9,12,15-21,23-26H2,1-4H3. The van der Waals surface area contributed by atoms with Crippen molar-refractivity contribution in [2.45, 2.75) is 165 Å². The fourth-order valence-corrected chi connectivity index (χ4v) is 14.8. The first-order valence-corrected chi connectivity index (χ1v) is 22.5. The Balaban J connectivity index is 1.31. The lowest BCUT2D eigenvalue weighted by molar-refractivity contribution is -0.370. The van der Waals surface area contributed by atoms with E-state index in [1.54, 1.807) is 6.08 Å². The lowest BCUT2D eigenvalue weighted by atomic mass is 9.35. The van der Waals surface area contributed by atoms with E-state index >= 15 is 0 Å². The van der Waals surface area contributed by atoms with Crippen LogP contribution in [0.4, 0.5) is 0 Å². The molecule has 0 saturated heterocycles. The van der Waals surface area contributed by atoms with Gasteiger partial charge in [-0.15, -0.1) is 0 Å². The van der Waals surface area contributed by atoms with Gasteiger partial charge in [0.1, 0.15) is 23.6 Å². The van der Waals surface area contributed by atoms with Crippen LogP contribution in [0.1, 0.15) is 127 Å². The number of benzene rings is 1. The number of aliphatic hydroxyl groups is 6. The molecule has 6 aliphatic carbocycles. The molecule has 5 fully saturated rings. The van der Waals surface area contributed by atoms with Crippen molar-refractivity contribution >= 4 is 12.3 Å². The molecule has 15 atom stereocenters. The van der Waals surface area contributed by atoms with E-state index in [0.29, 0.717) is 51.4 Å². The average Bonchev–Trinajstić information content (AvgIpc) is 3.71. The third kappa shape index (κ3) is 5.84. The highest BCUT2D eigenvalue weighted by atomic mass is 16.5. The predicted molar refractivity (Wildman–Crippen MR) is 218 cm³/mol. The Morgan fingerprint density at radius 1 is 1.07 bits per heavy atom. The highest BCUT2D eigenvalue weighted by Crippen LogP contribution is 2.76. The van der Waals surface area contributed by atoms with Gasteiger partial charge in [0.15, 0.2) is 0 Å². The quantitative estimate of drug-likeness (QED) is 0.0772. The number of carbonyl (C=O) groups is 2. The van der Waals surface area contributed by atoms with Gasteiger partial charge in [0.05, 0.1) is 29.8 Å². The maximum Gasteiger partial charge on any atom is 0.331 e. The second-order valence-electron chi connectivity index (χ2n) is 20.1. The Morgan fingerprint density at radius 3 is 2.57 bits per heavy atom. The Hall–Kier alpha value is -2.62. The molecule has 4 bridgehead atoms. The van der Waals surface area contributed by atoms with Crippen LogP contribution in [0.15, 0.2) is 29.8 Å². The molecule has 1 aliphatic heterocycles. The smallest absolute Gasteiger partial charge is 0.331 e. The Morgan fingerprint density at radius 2 is 1.86 bits per heavy atom. The molecule has 10 nitrogen and oxygen atoms in total. The third-order valence-electron chi connectivity index (χ3n) is 17.4. The van der Waals surface area contributed by atoms with Crippen molar-refractivity contribution in [1.82, 2.24) is 5.32 Å². The number of carbonyl (C=O) groups excluding carboxylic acids is 2. The van der Waals surface area contributed by atoms with Crippen LogP contribution in [0.3, 0.4) is 0 Å². The molecule has 7 aliphatic rings. The minimum Gasteiger partial charge on any atom is -0.454 e. The lowest BCUT2D eigenvalue weighted by Crippen LogP contribution is -2.84. The van der Waals surface area contributed by atoms with E-state index < -0.39 is 63.8 Å². The number of ether oxygens (including phenoxy) is 1. The van der Waals surface area contributed by atoms with Gasteiger partial charge in [-0.05, 0) is 111 Å². The molecule has 15 unspecified atom stereocenters. The Bertz CT molecular complexity index is 1850. The molecule has 5 saturated carbocycles. The molecule has 7 N–H and O–H groups in total. The third-order valence-corrected chi connectivity index (χ3v) is 17.4. The second kappa shape index (κ2) is 15.4. The van der Waals surface area contributed by atoms with E-state index in [4.69, 9.17) is 4.74 Å². The molecule has 58 heavy (non-hydrogen) atoms. The number of fused-ring (bicyclic) bond motifs is 8. The summed E-state index contributed by atoms with van der Waals surface area (Å²) in [6.45, 7) is 6.11. The molecule has 1 aromatic rings. The van der Waals surface area contributed by atoms with Crippen LogP contribution in [0.5, 0.6) is 0 Å². The largest absolute Gasteiger partial charge is 0.454 e. The first kappa shape index (κ1) is 42.1. The second-order valence-corrected chi connectivity index (χ2v) is 20.1. The van der Waals surface area contributed by atoms with Crippen LogP contribution < -0.4 is 5.32 Å². The first-order chi connectivity index (χ1) is 27.7. The molecule has 1 spiro atoms. The number of nitrogens with one attached hydrogen (secondary N) is 1. The molecule has 1 heterocycles. The summed E-state index contributed by atoms with van der Waals surface area (Å²) in [6, 6.07) is 5.59. The van der Waals surface area contributed by atoms with Gasteiger partial charge < -0.3 is 45.5 Å². The Kier molecular flexibility index (Phi) is 11.2. The van der Waals surface area contributed by atoms with Gasteiger partial charge in [0.2, 0.25) is 0 Å². The molecule has 0 aromatic heterocycles. The first-order valence-electron chi connectivity index (χ1n) is 22.5. The molecule has 318 valence electrons. The molecule has 0 amide bonds. The van der Waals surface area contributed by atoms with Crippen molar-refractivity contribution < 1.29 is 45.0 Å². The van der Waals surface area contributed by atoms with Crippen molar-refractivity contribution in [2.24, 2.45) is 52.3 Å². The molecule has 0 radical (unpaired) electrons. The summed E-state index contributed by atoms with van der Waals surface area (Å²) < 4.78 is 6.20. The maximum atomic E-state index is 14.1. The summed E-state index contributed by atoms with van der Waals surface area (Å²) >= 11 is 0. The number of aliphatic hydroxyl groups excluding tert-OH is 3. The summed E-state index contributed by atoms with van der Waals surface area (Å²) in [7, 11) is 1.89. The zero-order chi connectivity index (χ0) is 41.4. The van der Waals surface area contributed by atoms with Gasteiger partial charge >= 0.3 is 5.97 Å². The molecular weight excluding hydrogens is 735 g/mol. The monoisotopic (exact) mass is 801 g/mol. The van der Waals surface area contributed by atoms with Crippen LogP contribution in [0, 0.1) is 64.1 Å². The summed E-state index contributed by atoms with van der Waals surface area (Å²) in [5.41, 5.74) is -5.08. The van der Waals surface area contributed by atoms with Crippen molar-refractivity contribution in [3.8, 4) is 11.8 Å². The number of likely N-dealkylation sites (N-methyl/N-ethyl adjacent to an activating group) is 1. The van der Waals surface area contributed by atoms with E-state index in [1.807, 2.05) is 25.2 Å². The zero-order valence-corrected chi connectivity index (χ0v) is 35.0. The average molecular weight is 802 g/mol. The molecule has 1 aromatic carbocycles. The van der Waals surface area contributed by atoms with Gasteiger partial charge in [-0.25, -0.2) is 4.79 Å². The SMILES string of the molecule is CCCCCC1CC2(C=O)C3CCC45CCC#Cc6cccc(CO)c6CC(NC)C6CC(CC4(O)C3(O)C(O)C(CCC(C)C)C2(O)CC1O)C5C1=CC(=O)OC16. The molecule has 8 rings (SSSR count). The van der Waals surface area contributed by atoms with E-state index in [9.17, 15) is 40.2 Å². The topological polar surface area (TPSA) is 177 Å². The lowest BCUT2D eigenvalue weighted by Gasteiger charge is -2.72. The minimum atomic E-state index is -2.20. The normalized spacial score (nSPS) is 45.2. The van der Waals surface area contributed by atoms with Crippen molar-refractivity contribution in [1.29, 1.82) is 0 Å². The highest BCUT2D eigenvalue weighted by Gasteiger charge is 2.84. The fraction of sp³-hybridized carbons (Fsp3) is 0.750. The number of esters is 1. The maximum absolute atomic E-state index is 14.1. The van der Waals surface area contributed by atoms with Gasteiger partial charge in [0, 0.05) is 53.7 Å². The fourth-order valence-electron chi connectivity index (χ4n) is 14.8. The van der Waals surface area contributed by atoms with Crippen LogP contribution in [0.2, 0.25) is 0 Å². The van der Waals surface area contributed by atoms with E-state index in [0.717, 1.165) is 47.8 Å². The number of rotatable bonds is 10. The van der Waals surface area contributed by atoms with Gasteiger partial charge in [-0.2, -0.15) is 0 Å². The predicted octanol–water partition coefficient (Wildman–Crippen LogP) is 4.52. The number of hydrogen-bond donors (Lipinski definition) is 7.